The number of aliphatic hydroxyl groups is 1. The monoisotopic (exact) mass is 427 g/mol. The van der Waals surface area contributed by atoms with E-state index in [-0.39, 0.29) is 12.4 Å². The minimum absolute atomic E-state index is 0. The molecule has 2 aromatic carbocycles. The fourth-order valence-corrected chi connectivity index (χ4v) is 4.14. The Bertz CT molecular complexity index is 1070. The quantitative estimate of drug-likeness (QED) is 0.381. The van der Waals surface area contributed by atoms with Gasteiger partial charge < -0.3 is 10.4 Å². The molecule has 0 aliphatic carbocycles. The molecule has 0 aliphatic rings. The van der Waals surface area contributed by atoms with E-state index in [1.165, 1.54) is 32.6 Å². The van der Waals surface area contributed by atoms with Crippen molar-refractivity contribution < 1.29 is 5.11 Å². The van der Waals surface area contributed by atoms with Crippen molar-refractivity contribution in [2.24, 2.45) is 0 Å². The lowest BCUT2D eigenvalue weighted by Crippen LogP contribution is -2.25. The molecule has 29 heavy (non-hydrogen) atoms. The maximum atomic E-state index is 10.5. The number of aromatic nitrogens is 2. The summed E-state index contributed by atoms with van der Waals surface area (Å²) in [4.78, 5) is 4.16. The van der Waals surface area contributed by atoms with Gasteiger partial charge in [-0.3, -0.25) is 4.98 Å². The summed E-state index contributed by atoms with van der Waals surface area (Å²) in [6.45, 7) is 3.06. The molecule has 0 amide bonds. The van der Waals surface area contributed by atoms with Crippen molar-refractivity contribution in [3.8, 4) is 0 Å². The first-order valence-electron chi connectivity index (χ1n) is 9.77. The van der Waals surface area contributed by atoms with Gasteiger partial charge in [0.25, 0.3) is 0 Å². The van der Waals surface area contributed by atoms with E-state index >= 15 is 0 Å². The van der Waals surface area contributed by atoms with Gasteiger partial charge in [0, 0.05) is 41.9 Å². The van der Waals surface area contributed by atoms with Gasteiger partial charge in [0.05, 0.1) is 10.8 Å². The number of pyridine rings is 1. The van der Waals surface area contributed by atoms with Gasteiger partial charge in [-0.25, -0.2) is 0 Å². The number of nitrogens with zero attached hydrogens (tertiary/aromatic N) is 2. The molecule has 0 fully saturated rings. The van der Waals surface area contributed by atoms with Crippen molar-refractivity contribution in [3.05, 3.63) is 72.2 Å². The zero-order valence-electron chi connectivity index (χ0n) is 16.4. The average Bonchev–Trinajstić information content (AvgIpc) is 3.20. The van der Waals surface area contributed by atoms with E-state index in [2.05, 4.69) is 51.9 Å². The van der Waals surface area contributed by atoms with Crippen LogP contribution < -0.4 is 5.32 Å². The van der Waals surface area contributed by atoms with Crippen molar-refractivity contribution in [3.63, 3.8) is 0 Å². The van der Waals surface area contributed by atoms with E-state index in [0.29, 0.717) is 6.04 Å². The summed E-state index contributed by atoms with van der Waals surface area (Å²) < 4.78 is 5.36. The normalized spacial score (nSPS) is 13.3. The molecule has 2 atom stereocenters. The van der Waals surface area contributed by atoms with Gasteiger partial charge in [0.2, 0.25) is 0 Å². The molecule has 0 saturated heterocycles. The van der Waals surface area contributed by atoms with Crippen LogP contribution in [0.5, 0.6) is 0 Å². The minimum Gasteiger partial charge on any atom is -0.388 e. The highest BCUT2D eigenvalue weighted by atomic mass is 35.5. The first-order chi connectivity index (χ1) is 13.7. The largest absolute Gasteiger partial charge is 0.388 e. The lowest BCUT2D eigenvalue weighted by molar-refractivity contribution is 0.162. The number of benzene rings is 2. The zero-order valence-corrected chi connectivity index (χ0v) is 18.0. The number of hydrogen-bond donors (Lipinski definition) is 2. The van der Waals surface area contributed by atoms with Crippen LogP contribution in [0, 0.1) is 0 Å². The topological polar surface area (TPSA) is 58.0 Å². The second kappa shape index (κ2) is 10.1. The summed E-state index contributed by atoms with van der Waals surface area (Å²) in [5, 5.41) is 17.6. The lowest BCUT2D eigenvalue weighted by Gasteiger charge is -2.16. The Hall–Kier alpha value is -2.05. The van der Waals surface area contributed by atoms with Crippen LogP contribution in [0.3, 0.4) is 0 Å². The first-order valence-corrected chi connectivity index (χ1v) is 10.5. The number of rotatable bonds is 8. The van der Waals surface area contributed by atoms with E-state index in [0.717, 1.165) is 36.8 Å². The molecule has 0 bridgehead atoms. The van der Waals surface area contributed by atoms with Crippen LogP contribution in [0.25, 0.3) is 20.9 Å². The second-order valence-electron chi connectivity index (χ2n) is 7.41. The third kappa shape index (κ3) is 5.52. The van der Waals surface area contributed by atoms with Crippen LogP contribution in [0.2, 0.25) is 0 Å². The summed E-state index contributed by atoms with van der Waals surface area (Å²) in [6.07, 6.45) is 7.98. The molecular formula is C23H26ClN3OS. The Kier molecular flexibility index (Phi) is 7.56. The Morgan fingerprint density at radius 1 is 1.00 bits per heavy atom. The Morgan fingerprint density at radius 2 is 1.90 bits per heavy atom. The summed E-state index contributed by atoms with van der Waals surface area (Å²) in [6, 6.07) is 15.1. The van der Waals surface area contributed by atoms with Gasteiger partial charge in [-0.05, 0) is 78.5 Å². The number of hydrogen-bond acceptors (Lipinski definition) is 5. The van der Waals surface area contributed by atoms with Gasteiger partial charge in [-0.2, -0.15) is 4.37 Å². The van der Waals surface area contributed by atoms with E-state index in [1.807, 2.05) is 30.7 Å². The number of nitrogens with one attached hydrogen (secondary N) is 1. The molecule has 2 aromatic heterocycles. The molecule has 4 rings (SSSR count). The van der Waals surface area contributed by atoms with Crippen LogP contribution in [0.1, 0.15) is 43.4 Å². The summed E-state index contributed by atoms with van der Waals surface area (Å²) >= 11 is 1.49. The average molecular weight is 428 g/mol. The Morgan fingerprint density at radius 3 is 2.79 bits per heavy atom. The molecule has 1 unspecified atom stereocenters. The van der Waals surface area contributed by atoms with Crippen molar-refractivity contribution in [2.45, 2.75) is 44.9 Å². The second-order valence-corrected chi connectivity index (χ2v) is 8.24. The lowest BCUT2D eigenvalue weighted by atomic mass is 10.0. The van der Waals surface area contributed by atoms with E-state index in [4.69, 9.17) is 0 Å². The predicted molar refractivity (Wildman–Crippen MR) is 124 cm³/mol. The third-order valence-electron chi connectivity index (χ3n) is 5.24. The maximum Gasteiger partial charge on any atom is 0.0790 e. The van der Waals surface area contributed by atoms with Crippen molar-refractivity contribution in [2.75, 3.05) is 0 Å². The summed E-state index contributed by atoms with van der Waals surface area (Å²) in [5.41, 5.74) is 2.27. The summed E-state index contributed by atoms with van der Waals surface area (Å²) in [7, 11) is 0. The molecule has 0 aliphatic heterocycles. The molecular weight excluding hydrogens is 402 g/mol. The standard InChI is InChI=1S/C23H25N3OS.ClH/c1-16(25-13-17-5-6-20-14-24-10-9-18(20)11-17)3-2-4-22(27)19-7-8-23-21(12-19)15-26-28-23;/h5-12,14-16,22,25,27H,2-4,13H2,1H3;1H/t16-,22?;/m1./s1. The fraction of sp³-hybridized carbons (Fsp3) is 0.304. The summed E-state index contributed by atoms with van der Waals surface area (Å²) in [5.74, 6) is 0. The van der Waals surface area contributed by atoms with E-state index < -0.39 is 6.10 Å². The number of fused-ring (bicyclic) bond motifs is 2. The molecule has 0 radical (unpaired) electrons. The van der Waals surface area contributed by atoms with Crippen LogP contribution in [-0.2, 0) is 6.54 Å². The Labute approximate surface area is 181 Å². The molecule has 2 N–H and O–H groups in total. The number of halogens is 1. The smallest absolute Gasteiger partial charge is 0.0790 e. The highest BCUT2D eigenvalue weighted by Gasteiger charge is 2.10. The predicted octanol–water partition coefficient (Wildman–Crippen LogP) is 5.65. The van der Waals surface area contributed by atoms with Gasteiger partial charge >= 0.3 is 0 Å². The van der Waals surface area contributed by atoms with Gasteiger partial charge in [-0.15, -0.1) is 12.4 Å². The van der Waals surface area contributed by atoms with Crippen molar-refractivity contribution in [1.29, 1.82) is 0 Å². The highest BCUT2D eigenvalue weighted by Crippen LogP contribution is 2.25. The van der Waals surface area contributed by atoms with Gasteiger partial charge in [0.15, 0.2) is 0 Å². The maximum absolute atomic E-state index is 10.5. The third-order valence-corrected chi connectivity index (χ3v) is 6.02. The van der Waals surface area contributed by atoms with Crippen molar-refractivity contribution >= 4 is 44.8 Å². The van der Waals surface area contributed by atoms with Gasteiger partial charge in [-0.1, -0.05) is 18.2 Å². The van der Waals surface area contributed by atoms with Crippen LogP contribution in [0.15, 0.2) is 61.1 Å². The molecule has 6 heteroatoms. The molecule has 0 saturated carbocycles. The van der Waals surface area contributed by atoms with Crippen LogP contribution >= 0.6 is 23.9 Å². The minimum atomic E-state index is -0.411. The zero-order chi connectivity index (χ0) is 19.3. The van der Waals surface area contributed by atoms with E-state index in [1.54, 1.807) is 0 Å². The molecule has 152 valence electrons. The highest BCUT2D eigenvalue weighted by molar-refractivity contribution is 7.13. The SMILES string of the molecule is C[C@H](CCCC(O)c1ccc2sncc2c1)NCc1ccc2cnccc2c1.Cl. The fourth-order valence-electron chi connectivity index (χ4n) is 3.52. The molecule has 0 spiro atoms. The van der Waals surface area contributed by atoms with Crippen molar-refractivity contribution in [1.82, 2.24) is 14.7 Å². The Balaban J connectivity index is 0.00000240. The van der Waals surface area contributed by atoms with Gasteiger partial charge in [0.1, 0.15) is 0 Å². The first kappa shape index (κ1) is 21.7. The molecule has 2 heterocycles. The van der Waals surface area contributed by atoms with Crippen LogP contribution in [-0.4, -0.2) is 20.5 Å². The molecule has 4 nitrogen and oxygen atoms in total. The van der Waals surface area contributed by atoms with Crippen LogP contribution in [0.4, 0.5) is 0 Å². The molecule has 4 aromatic rings. The number of aliphatic hydroxyl groups excluding tert-OH is 1. The van der Waals surface area contributed by atoms with E-state index in [9.17, 15) is 5.11 Å².